The Kier molecular flexibility index (Phi) is 3.32. The number of ether oxygens (including phenoxy) is 1. The van der Waals surface area contributed by atoms with Gasteiger partial charge in [-0.2, -0.15) is 4.98 Å². The van der Waals surface area contributed by atoms with Crippen molar-refractivity contribution >= 4 is 0 Å². The van der Waals surface area contributed by atoms with Crippen LogP contribution in [0.4, 0.5) is 0 Å². The summed E-state index contributed by atoms with van der Waals surface area (Å²) in [5.74, 6) is 1.18. The number of aromatic nitrogens is 2. The van der Waals surface area contributed by atoms with Gasteiger partial charge in [0.15, 0.2) is 0 Å². The standard InChI is InChI=1S/C12H19N3O3/c1-15-5-6-17-10(7-15)11-13-12(18-14-11)8-3-2-4-9(8)16/h8-10,16H,2-7H2,1H3. The summed E-state index contributed by atoms with van der Waals surface area (Å²) in [4.78, 5) is 6.60. The van der Waals surface area contributed by atoms with Gasteiger partial charge in [0, 0.05) is 13.1 Å². The van der Waals surface area contributed by atoms with Gasteiger partial charge in [-0.3, -0.25) is 0 Å². The van der Waals surface area contributed by atoms with Gasteiger partial charge in [0.2, 0.25) is 11.7 Å². The maximum Gasteiger partial charge on any atom is 0.232 e. The lowest BCUT2D eigenvalue weighted by Crippen LogP contribution is -2.35. The van der Waals surface area contributed by atoms with Gasteiger partial charge in [0.25, 0.3) is 0 Å². The monoisotopic (exact) mass is 253 g/mol. The molecule has 1 aromatic heterocycles. The van der Waals surface area contributed by atoms with Gasteiger partial charge in [-0.15, -0.1) is 0 Å². The summed E-state index contributed by atoms with van der Waals surface area (Å²) in [7, 11) is 2.05. The summed E-state index contributed by atoms with van der Waals surface area (Å²) in [6.45, 7) is 2.41. The summed E-state index contributed by atoms with van der Waals surface area (Å²) >= 11 is 0. The molecule has 2 aliphatic rings. The molecule has 1 saturated carbocycles. The Bertz CT molecular complexity index is 409. The third-order valence-electron chi connectivity index (χ3n) is 3.81. The Morgan fingerprint density at radius 3 is 3.00 bits per heavy atom. The van der Waals surface area contributed by atoms with Crippen LogP contribution in [0.2, 0.25) is 0 Å². The molecule has 3 unspecified atom stereocenters. The summed E-state index contributed by atoms with van der Waals surface area (Å²) in [6, 6.07) is 0. The second-order valence-corrected chi connectivity index (χ2v) is 5.22. The molecule has 1 aromatic rings. The molecule has 0 amide bonds. The number of likely N-dealkylation sites (N-methyl/N-ethyl adjacent to an activating group) is 1. The maximum atomic E-state index is 9.84. The number of hydrogen-bond acceptors (Lipinski definition) is 6. The molecular formula is C12H19N3O3. The molecule has 2 fully saturated rings. The summed E-state index contributed by atoms with van der Waals surface area (Å²) in [5, 5.41) is 13.8. The van der Waals surface area contributed by atoms with Gasteiger partial charge in [-0.1, -0.05) is 5.16 Å². The van der Waals surface area contributed by atoms with Crippen LogP contribution in [0, 0.1) is 0 Å². The van der Waals surface area contributed by atoms with Crippen LogP contribution in [0.15, 0.2) is 4.52 Å². The van der Waals surface area contributed by atoms with Crippen LogP contribution < -0.4 is 0 Å². The van der Waals surface area contributed by atoms with Gasteiger partial charge < -0.3 is 19.3 Å². The number of nitrogens with zero attached hydrogens (tertiary/aromatic N) is 3. The van der Waals surface area contributed by atoms with Crippen molar-refractivity contribution in [2.75, 3.05) is 26.7 Å². The normalized spacial score (nSPS) is 34.0. The minimum Gasteiger partial charge on any atom is -0.392 e. The molecule has 100 valence electrons. The third kappa shape index (κ3) is 2.28. The smallest absolute Gasteiger partial charge is 0.232 e. The van der Waals surface area contributed by atoms with Crippen LogP contribution in [0.1, 0.15) is 43.0 Å². The summed E-state index contributed by atoms with van der Waals surface area (Å²) in [5.41, 5.74) is 0. The lowest BCUT2D eigenvalue weighted by atomic mass is 10.1. The fraction of sp³-hybridized carbons (Fsp3) is 0.833. The van der Waals surface area contributed by atoms with E-state index < -0.39 is 0 Å². The van der Waals surface area contributed by atoms with E-state index >= 15 is 0 Å². The molecule has 6 heteroatoms. The zero-order chi connectivity index (χ0) is 12.5. The van der Waals surface area contributed by atoms with E-state index in [4.69, 9.17) is 9.26 Å². The summed E-state index contributed by atoms with van der Waals surface area (Å²) < 4.78 is 10.9. The topological polar surface area (TPSA) is 71.6 Å². The second kappa shape index (κ2) is 4.95. The van der Waals surface area contributed by atoms with Crippen molar-refractivity contribution in [2.45, 2.75) is 37.4 Å². The van der Waals surface area contributed by atoms with E-state index in [2.05, 4.69) is 22.1 Å². The molecule has 3 atom stereocenters. The minimum absolute atomic E-state index is 0.00701. The fourth-order valence-corrected chi connectivity index (χ4v) is 2.69. The first-order chi connectivity index (χ1) is 8.74. The molecule has 6 nitrogen and oxygen atoms in total. The predicted molar refractivity (Wildman–Crippen MR) is 63.1 cm³/mol. The van der Waals surface area contributed by atoms with Crippen LogP contribution in [0.3, 0.4) is 0 Å². The van der Waals surface area contributed by atoms with Gasteiger partial charge >= 0.3 is 0 Å². The average molecular weight is 253 g/mol. The van der Waals surface area contributed by atoms with E-state index in [1.807, 2.05) is 0 Å². The van der Waals surface area contributed by atoms with Crippen molar-refractivity contribution in [1.82, 2.24) is 15.0 Å². The lowest BCUT2D eigenvalue weighted by Gasteiger charge is -2.27. The Morgan fingerprint density at radius 2 is 2.28 bits per heavy atom. The molecule has 2 heterocycles. The fourth-order valence-electron chi connectivity index (χ4n) is 2.69. The Morgan fingerprint density at radius 1 is 1.39 bits per heavy atom. The third-order valence-corrected chi connectivity index (χ3v) is 3.81. The molecule has 3 rings (SSSR count). The highest BCUT2D eigenvalue weighted by atomic mass is 16.5. The maximum absolute atomic E-state index is 9.84. The highest BCUT2D eigenvalue weighted by Gasteiger charge is 2.33. The molecule has 0 aromatic carbocycles. The molecule has 1 aliphatic carbocycles. The molecular weight excluding hydrogens is 234 g/mol. The zero-order valence-electron chi connectivity index (χ0n) is 10.6. The molecule has 18 heavy (non-hydrogen) atoms. The van der Waals surface area contributed by atoms with Crippen molar-refractivity contribution in [3.05, 3.63) is 11.7 Å². The largest absolute Gasteiger partial charge is 0.392 e. The Labute approximate surface area is 106 Å². The van der Waals surface area contributed by atoms with E-state index in [9.17, 15) is 5.11 Å². The van der Waals surface area contributed by atoms with Crippen LogP contribution in [0.5, 0.6) is 0 Å². The van der Waals surface area contributed by atoms with Crippen molar-refractivity contribution in [3.8, 4) is 0 Å². The SMILES string of the molecule is CN1CCOC(c2noc(C3CCCC3O)n2)C1. The van der Waals surface area contributed by atoms with Crippen LogP contribution in [-0.2, 0) is 4.74 Å². The summed E-state index contributed by atoms with van der Waals surface area (Å²) in [6.07, 6.45) is 2.32. The van der Waals surface area contributed by atoms with Crippen LogP contribution in [0.25, 0.3) is 0 Å². The van der Waals surface area contributed by atoms with E-state index in [-0.39, 0.29) is 18.1 Å². The highest BCUT2D eigenvalue weighted by Crippen LogP contribution is 2.34. The molecule has 0 spiro atoms. The van der Waals surface area contributed by atoms with Crippen molar-refractivity contribution in [2.24, 2.45) is 0 Å². The number of morpholine rings is 1. The second-order valence-electron chi connectivity index (χ2n) is 5.22. The van der Waals surface area contributed by atoms with Gasteiger partial charge in [-0.05, 0) is 26.3 Å². The minimum atomic E-state index is -0.340. The number of hydrogen-bond donors (Lipinski definition) is 1. The van der Waals surface area contributed by atoms with E-state index in [0.717, 1.165) is 32.4 Å². The first-order valence-corrected chi connectivity index (χ1v) is 6.56. The Hall–Kier alpha value is -0.980. The van der Waals surface area contributed by atoms with Gasteiger partial charge in [0.1, 0.15) is 6.10 Å². The van der Waals surface area contributed by atoms with Crippen LogP contribution in [-0.4, -0.2) is 53.0 Å². The number of aliphatic hydroxyl groups excluding tert-OH is 1. The molecule has 1 saturated heterocycles. The van der Waals surface area contributed by atoms with Crippen molar-refractivity contribution < 1.29 is 14.4 Å². The van der Waals surface area contributed by atoms with E-state index in [1.165, 1.54) is 0 Å². The molecule has 0 radical (unpaired) electrons. The van der Waals surface area contributed by atoms with Crippen molar-refractivity contribution in [3.63, 3.8) is 0 Å². The number of aliphatic hydroxyl groups is 1. The van der Waals surface area contributed by atoms with Gasteiger partial charge in [0.05, 0.1) is 18.6 Å². The number of rotatable bonds is 2. The lowest BCUT2D eigenvalue weighted by molar-refractivity contribution is -0.0264. The Balaban J connectivity index is 1.72. The molecule has 0 bridgehead atoms. The quantitative estimate of drug-likeness (QED) is 0.836. The van der Waals surface area contributed by atoms with Gasteiger partial charge in [-0.25, -0.2) is 0 Å². The molecule has 1 aliphatic heterocycles. The van der Waals surface area contributed by atoms with E-state index in [0.29, 0.717) is 18.3 Å². The predicted octanol–water partition coefficient (Wildman–Crippen LogP) is 0.701. The first kappa shape index (κ1) is 12.1. The zero-order valence-corrected chi connectivity index (χ0v) is 10.6. The van der Waals surface area contributed by atoms with E-state index in [1.54, 1.807) is 0 Å². The van der Waals surface area contributed by atoms with Crippen molar-refractivity contribution in [1.29, 1.82) is 0 Å². The van der Waals surface area contributed by atoms with Crippen LogP contribution >= 0.6 is 0 Å². The molecule has 1 N–H and O–H groups in total. The first-order valence-electron chi connectivity index (χ1n) is 6.56. The highest BCUT2D eigenvalue weighted by molar-refractivity contribution is 5.02. The average Bonchev–Trinajstić information content (AvgIpc) is 2.97.